The Kier molecular flexibility index (Phi) is 51.8. The highest BCUT2D eigenvalue weighted by atomic mass is 16.5. The van der Waals surface area contributed by atoms with Crippen LogP contribution >= 0.6 is 0 Å². The van der Waals surface area contributed by atoms with Crippen molar-refractivity contribution in [2.24, 2.45) is 0 Å². The molecule has 0 saturated carbocycles. The summed E-state index contributed by atoms with van der Waals surface area (Å²) in [4.78, 5) is 66.8. The number of carbonyl (C=O) groups is 4. The summed E-state index contributed by atoms with van der Waals surface area (Å²) in [5.74, 6) is 1.73. The zero-order valence-electron chi connectivity index (χ0n) is 47.5. The Morgan fingerprint density at radius 3 is 0.875 bits per heavy atom. The topological polar surface area (TPSA) is 217 Å². The first-order valence-electron chi connectivity index (χ1n) is 28.3. The van der Waals surface area contributed by atoms with Gasteiger partial charge in [0.25, 0.3) is 0 Å². The van der Waals surface area contributed by atoms with Crippen LogP contribution in [0.5, 0.6) is 0 Å². The van der Waals surface area contributed by atoms with Gasteiger partial charge >= 0.3 is 6.03 Å². The van der Waals surface area contributed by atoms with Crippen LogP contribution in [-0.4, -0.2) is 178 Å². The van der Waals surface area contributed by atoms with Gasteiger partial charge in [-0.25, -0.2) is 4.79 Å². The lowest BCUT2D eigenvalue weighted by Crippen LogP contribution is -2.45. The van der Waals surface area contributed by atoms with Crippen LogP contribution in [0.15, 0.2) is 0 Å². The first kappa shape index (κ1) is 70.0. The molecular formula is C53H108N12O7. The first-order valence-corrected chi connectivity index (χ1v) is 28.3. The number of urea groups is 1. The summed E-state index contributed by atoms with van der Waals surface area (Å²) in [6, 6.07) is 0.272. The molecule has 1 heterocycles. The minimum Gasteiger partial charge on any atom is -0.380 e. The Bertz CT molecular complexity index is 1240. The molecule has 0 spiro atoms. The van der Waals surface area contributed by atoms with Crippen molar-refractivity contribution in [3.05, 3.63) is 0 Å². The Hall–Kier alpha value is -4.07. The number of hydrogen-bond acceptors (Lipinski definition) is 14. The molecule has 19 nitrogen and oxygen atoms in total. The number of hydrogen-bond donors (Lipinski definition) is 6. The summed E-state index contributed by atoms with van der Waals surface area (Å²) >= 11 is 0. The number of rotatable bonds is 45. The number of anilines is 3. The van der Waals surface area contributed by atoms with Gasteiger partial charge in [0, 0.05) is 124 Å². The number of aromatic nitrogens is 3. The van der Waals surface area contributed by atoms with Crippen LogP contribution in [0, 0.1) is 0 Å². The van der Waals surface area contributed by atoms with Crippen LogP contribution in [-0.2, 0) is 28.6 Å². The molecule has 0 saturated heterocycles. The lowest BCUT2D eigenvalue weighted by Gasteiger charge is -2.31. The lowest BCUT2D eigenvalue weighted by atomic mass is 10.2. The van der Waals surface area contributed by atoms with Crippen LogP contribution in [0.2, 0.25) is 0 Å². The zero-order chi connectivity index (χ0) is 53.7. The van der Waals surface area contributed by atoms with Crippen molar-refractivity contribution in [3.8, 4) is 0 Å². The van der Waals surface area contributed by atoms with Crippen LogP contribution in [0.25, 0.3) is 0 Å². The number of ether oxygens (including phenoxy) is 3. The fourth-order valence-corrected chi connectivity index (χ4v) is 6.60. The summed E-state index contributed by atoms with van der Waals surface area (Å²) in [5, 5.41) is 18.2. The normalized spacial score (nSPS) is 10.7. The van der Waals surface area contributed by atoms with Crippen molar-refractivity contribution >= 4 is 41.6 Å². The molecule has 422 valence electrons. The van der Waals surface area contributed by atoms with Gasteiger partial charge in [0.15, 0.2) is 0 Å². The van der Waals surface area contributed by atoms with Gasteiger partial charge in [-0.1, -0.05) is 94.9 Å². The maximum atomic E-state index is 12.7. The van der Waals surface area contributed by atoms with Gasteiger partial charge in [0.1, 0.15) is 0 Å². The standard InChI is InChI=1S/C18H36N6O3.C18H36N4O3.C17H36N2O/c1-4-10-25-13-7-19-16-22-17(20-8-14-26-11-5-2)24-18(23-16)21-9-15-27-12-6-3;1-4-7-16(23)19-10-13-22(14-11-20-17(24)8-5-2)15-12-21-18(25)9-6-3;1-5-9-13-18(14-10-6-2)17(20)19(15-11-7-3)16-12-8-4/h4-15H2,1-3H3,(H3,19,20,21,22,23,24);4-15H2,1-3H3,(H,19,23)(H,20,24)(H,21,25);5-16H2,1-4H3. The van der Waals surface area contributed by atoms with E-state index in [0.717, 1.165) is 136 Å². The lowest BCUT2D eigenvalue weighted by molar-refractivity contribution is -0.121. The molecular weight excluding hydrogens is 917 g/mol. The Balaban J connectivity index is 0. The van der Waals surface area contributed by atoms with Gasteiger partial charge in [0.05, 0.1) is 19.8 Å². The van der Waals surface area contributed by atoms with Gasteiger partial charge in [-0.05, 0) is 64.2 Å². The van der Waals surface area contributed by atoms with Gasteiger partial charge in [0.2, 0.25) is 35.6 Å². The van der Waals surface area contributed by atoms with Crippen LogP contribution < -0.4 is 31.9 Å². The molecule has 0 atom stereocenters. The quantitative estimate of drug-likeness (QED) is 0.0339. The van der Waals surface area contributed by atoms with Crippen molar-refractivity contribution in [3.63, 3.8) is 0 Å². The van der Waals surface area contributed by atoms with Crippen LogP contribution in [0.1, 0.15) is 178 Å². The average Bonchev–Trinajstić information content (AvgIpc) is 3.36. The molecule has 1 aromatic rings. The first-order chi connectivity index (χ1) is 35.0. The van der Waals surface area contributed by atoms with Crippen molar-refractivity contribution in [2.45, 2.75) is 178 Å². The number of unbranched alkanes of at least 4 members (excludes halogenated alkanes) is 4. The molecule has 0 radical (unpaired) electrons. The fourth-order valence-electron chi connectivity index (χ4n) is 6.60. The highest BCUT2D eigenvalue weighted by Gasteiger charge is 2.19. The summed E-state index contributed by atoms with van der Waals surface area (Å²) in [7, 11) is 0. The van der Waals surface area contributed by atoms with Gasteiger partial charge < -0.3 is 55.9 Å². The molecule has 72 heavy (non-hydrogen) atoms. The van der Waals surface area contributed by atoms with Crippen LogP contribution in [0.4, 0.5) is 22.6 Å². The van der Waals surface area contributed by atoms with Crippen molar-refractivity contribution in [1.82, 2.24) is 45.6 Å². The second-order valence-electron chi connectivity index (χ2n) is 17.7. The Labute approximate surface area is 438 Å². The van der Waals surface area contributed by atoms with E-state index in [-0.39, 0.29) is 23.8 Å². The van der Waals surface area contributed by atoms with E-state index in [2.05, 4.69) is 110 Å². The Morgan fingerprint density at radius 1 is 0.361 bits per heavy atom. The van der Waals surface area contributed by atoms with Crippen molar-refractivity contribution < 1.29 is 33.4 Å². The fraction of sp³-hybridized carbons (Fsp3) is 0.868. The van der Waals surface area contributed by atoms with Crippen molar-refractivity contribution in [1.29, 1.82) is 0 Å². The smallest absolute Gasteiger partial charge is 0.319 e. The number of carbonyl (C=O) groups excluding carboxylic acids is 4. The predicted octanol–water partition coefficient (Wildman–Crippen LogP) is 8.34. The van der Waals surface area contributed by atoms with Crippen molar-refractivity contribution in [2.75, 3.05) is 141 Å². The third kappa shape index (κ3) is 43.5. The molecule has 0 unspecified atom stereocenters. The predicted molar refractivity (Wildman–Crippen MR) is 297 cm³/mol. The highest BCUT2D eigenvalue weighted by Crippen LogP contribution is 2.10. The maximum absolute atomic E-state index is 12.7. The molecule has 19 heteroatoms. The van der Waals surface area contributed by atoms with Gasteiger partial charge in [-0.2, -0.15) is 15.0 Å². The van der Waals surface area contributed by atoms with E-state index in [0.29, 0.717) is 116 Å². The van der Waals surface area contributed by atoms with E-state index < -0.39 is 0 Å². The van der Waals surface area contributed by atoms with E-state index in [1.54, 1.807) is 0 Å². The molecule has 6 N–H and O–H groups in total. The molecule has 0 aliphatic carbocycles. The van der Waals surface area contributed by atoms with E-state index in [9.17, 15) is 19.2 Å². The molecule has 0 aliphatic rings. The second kappa shape index (κ2) is 53.2. The molecule has 1 rings (SSSR count). The molecule has 0 fully saturated rings. The maximum Gasteiger partial charge on any atom is 0.319 e. The SMILES string of the molecule is CCCC(=O)NCCN(CCNC(=O)CCC)CCNC(=O)CCC.CCCCN(CCCC)C(=O)N(CCCC)CCCC.CCCOCCNc1nc(NCCOCCC)nc(NCCOCCC)n1. The minimum absolute atomic E-state index is 0.0648. The molecule has 0 aliphatic heterocycles. The zero-order valence-corrected chi connectivity index (χ0v) is 47.5. The van der Waals surface area contributed by atoms with E-state index in [1.807, 2.05) is 20.8 Å². The molecule has 5 amide bonds. The Morgan fingerprint density at radius 2 is 0.639 bits per heavy atom. The van der Waals surface area contributed by atoms with E-state index in [1.165, 1.54) is 0 Å². The number of amides is 5. The van der Waals surface area contributed by atoms with Gasteiger partial charge in [-0.3, -0.25) is 19.3 Å². The van der Waals surface area contributed by atoms with Gasteiger partial charge in [-0.15, -0.1) is 0 Å². The largest absolute Gasteiger partial charge is 0.380 e. The third-order valence-electron chi connectivity index (χ3n) is 10.6. The summed E-state index contributed by atoms with van der Waals surface area (Å²) in [6.07, 6.45) is 16.2. The third-order valence-corrected chi connectivity index (χ3v) is 10.6. The highest BCUT2D eigenvalue weighted by molar-refractivity contribution is 5.76. The number of nitrogens with one attached hydrogen (secondary N) is 6. The summed E-state index contributed by atoms with van der Waals surface area (Å²) < 4.78 is 16.4. The van der Waals surface area contributed by atoms with E-state index in [4.69, 9.17) is 14.2 Å². The second-order valence-corrected chi connectivity index (χ2v) is 17.7. The van der Waals surface area contributed by atoms with E-state index >= 15 is 0 Å². The van der Waals surface area contributed by atoms with Crippen LogP contribution in [0.3, 0.4) is 0 Å². The average molecular weight is 1030 g/mol. The minimum atomic E-state index is 0.0648. The summed E-state index contributed by atoms with van der Waals surface area (Å²) in [5.41, 5.74) is 0. The monoisotopic (exact) mass is 1020 g/mol. The molecule has 0 aromatic carbocycles. The molecule has 1 aromatic heterocycles. The number of nitrogens with zero attached hydrogens (tertiary/aromatic N) is 6. The molecule has 0 bridgehead atoms. The summed E-state index contributed by atoms with van der Waals surface area (Å²) in [6.45, 7) is 34.5.